The SMILES string of the molecule is C=CC(CC1CCSCC1)NCCC. The summed E-state index contributed by atoms with van der Waals surface area (Å²) in [6.07, 6.45) is 7.40. The molecule has 1 rings (SSSR count). The molecule has 14 heavy (non-hydrogen) atoms. The van der Waals surface area contributed by atoms with Crippen molar-refractivity contribution in [2.75, 3.05) is 18.1 Å². The molecule has 0 aromatic rings. The van der Waals surface area contributed by atoms with Gasteiger partial charge in [-0.25, -0.2) is 0 Å². The van der Waals surface area contributed by atoms with Crippen LogP contribution >= 0.6 is 11.8 Å². The van der Waals surface area contributed by atoms with Gasteiger partial charge in [-0.15, -0.1) is 6.58 Å². The molecule has 1 N–H and O–H groups in total. The van der Waals surface area contributed by atoms with Crippen LogP contribution in [0.3, 0.4) is 0 Å². The van der Waals surface area contributed by atoms with Gasteiger partial charge in [0.2, 0.25) is 0 Å². The lowest BCUT2D eigenvalue weighted by Gasteiger charge is -2.25. The van der Waals surface area contributed by atoms with E-state index in [9.17, 15) is 0 Å². The van der Waals surface area contributed by atoms with E-state index in [0.717, 1.165) is 12.5 Å². The van der Waals surface area contributed by atoms with E-state index in [-0.39, 0.29) is 0 Å². The minimum absolute atomic E-state index is 0.544. The maximum Gasteiger partial charge on any atom is 0.0250 e. The molecule has 1 fully saturated rings. The number of hydrogen-bond donors (Lipinski definition) is 1. The molecule has 0 saturated carbocycles. The predicted molar refractivity (Wildman–Crippen MR) is 66.9 cm³/mol. The van der Waals surface area contributed by atoms with Crippen LogP contribution in [0.2, 0.25) is 0 Å². The normalized spacial score (nSPS) is 20.6. The molecule has 1 unspecified atom stereocenters. The summed E-state index contributed by atoms with van der Waals surface area (Å²) in [7, 11) is 0. The van der Waals surface area contributed by atoms with Crippen LogP contribution in [-0.2, 0) is 0 Å². The number of hydrogen-bond acceptors (Lipinski definition) is 2. The first-order chi connectivity index (χ1) is 6.86. The molecule has 1 heterocycles. The largest absolute Gasteiger partial charge is 0.311 e. The zero-order chi connectivity index (χ0) is 10.2. The lowest BCUT2D eigenvalue weighted by atomic mass is 9.94. The first-order valence-corrected chi connectivity index (χ1v) is 6.96. The second kappa shape index (κ2) is 7.36. The van der Waals surface area contributed by atoms with Gasteiger partial charge in [-0.2, -0.15) is 11.8 Å². The fraction of sp³-hybridized carbons (Fsp3) is 0.833. The minimum atomic E-state index is 0.544. The third-order valence-corrected chi connectivity index (χ3v) is 3.92. The van der Waals surface area contributed by atoms with Gasteiger partial charge in [0, 0.05) is 6.04 Å². The van der Waals surface area contributed by atoms with Crippen molar-refractivity contribution in [1.29, 1.82) is 0 Å². The van der Waals surface area contributed by atoms with Gasteiger partial charge in [0.25, 0.3) is 0 Å². The van der Waals surface area contributed by atoms with Crippen molar-refractivity contribution in [3.63, 3.8) is 0 Å². The monoisotopic (exact) mass is 213 g/mol. The van der Waals surface area contributed by atoms with Crippen molar-refractivity contribution in [2.45, 2.75) is 38.6 Å². The molecule has 0 aromatic heterocycles. The number of thioether (sulfide) groups is 1. The Balaban J connectivity index is 2.20. The molecule has 0 aromatic carbocycles. The van der Waals surface area contributed by atoms with Gasteiger partial charge < -0.3 is 5.32 Å². The van der Waals surface area contributed by atoms with Crippen LogP contribution in [0.15, 0.2) is 12.7 Å². The van der Waals surface area contributed by atoms with E-state index in [1.807, 2.05) is 0 Å². The van der Waals surface area contributed by atoms with Crippen LogP contribution in [0.4, 0.5) is 0 Å². The van der Waals surface area contributed by atoms with Crippen molar-refractivity contribution < 1.29 is 0 Å². The quantitative estimate of drug-likeness (QED) is 0.681. The van der Waals surface area contributed by atoms with Gasteiger partial charge in [0.1, 0.15) is 0 Å². The Morgan fingerprint density at radius 2 is 2.21 bits per heavy atom. The lowest BCUT2D eigenvalue weighted by Crippen LogP contribution is -2.30. The maximum absolute atomic E-state index is 3.91. The molecule has 82 valence electrons. The zero-order valence-electron chi connectivity index (χ0n) is 9.30. The van der Waals surface area contributed by atoms with E-state index >= 15 is 0 Å². The summed E-state index contributed by atoms with van der Waals surface area (Å²) in [6, 6.07) is 0.544. The van der Waals surface area contributed by atoms with Crippen LogP contribution in [0, 0.1) is 5.92 Å². The number of rotatable bonds is 6. The third kappa shape index (κ3) is 4.52. The summed E-state index contributed by atoms with van der Waals surface area (Å²) in [6.45, 7) is 7.25. The summed E-state index contributed by atoms with van der Waals surface area (Å²) in [5, 5.41) is 3.54. The second-order valence-corrected chi connectivity index (χ2v) is 5.31. The van der Waals surface area contributed by atoms with Gasteiger partial charge >= 0.3 is 0 Å². The van der Waals surface area contributed by atoms with E-state index in [0.29, 0.717) is 6.04 Å². The molecule has 1 aliphatic heterocycles. The van der Waals surface area contributed by atoms with Gasteiger partial charge in [-0.05, 0) is 49.7 Å². The first-order valence-electron chi connectivity index (χ1n) is 5.80. The molecular formula is C12H23NS. The standard InChI is InChI=1S/C12H23NS/c1-3-7-13-12(4-2)10-11-5-8-14-9-6-11/h4,11-13H,2-3,5-10H2,1H3. The fourth-order valence-corrected chi connectivity index (χ4v) is 3.14. The molecule has 0 radical (unpaired) electrons. The summed E-state index contributed by atoms with van der Waals surface area (Å²) in [5.41, 5.74) is 0. The van der Waals surface area contributed by atoms with Gasteiger partial charge in [0.15, 0.2) is 0 Å². The van der Waals surface area contributed by atoms with Crippen LogP contribution in [0.1, 0.15) is 32.6 Å². The topological polar surface area (TPSA) is 12.0 Å². The molecule has 0 bridgehead atoms. The van der Waals surface area contributed by atoms with Crippen LogP contribution < -0.4 is 5.32 Å². The highest BCUT2D eigenvalue weighted by Gasteiger charge is 2.16. The number of nitrogens with one attached hydrogen (secondary N) is 1. The van der Waals surface area contributed by atoms with Gasteiger partial charge in [-0.3, -0.25) is 0 Å². The molecule has 0 aliphatic carbocycles. The van der Waals surface area contributed by atoms with E-state index in [1.165, 1.54) is 37.2 Å². The van der Waals surface area contributed by atoms with Crippen molar-refractivity contribution in [1.82, 2.24) is 5.32 Å². The van der Waals surface area contributed by atoms with E-state index in [2.05, 4.69) is 36.7 Å². The molecule has 0 amide bonds. The second-order valence-electron chi connectivity index (χ2n) is 4.09. The van der Waals surface area contributed by atoms with Crippen molar-refractivity contribution in [3.05, 3.63) is 12.7 Å². The molecule has 1 nitrogen and oxygen atoms in total. The Kier molecular flexibility index (Phi) is 6.37. The fourth-order valence-electron chi connectivity index (χ4n) is 1.93. The Morgan fingerprint density at radius 3 is 2.79 bits per heavy atom. The van der Waals surface area contributed by atoms with Crippen LogP contribution in [0.25, 0.3) is 0 Å². The van der Waals surface area contributed by atoms with E-state index < -0.39 is 0 Å². The zero-order valence-corrected chi connectivity index (χ0v) is 10.1. The highest BCUT2D eigenvalue weighted by Crippen LogP contribution is 2.26. The van der Waals surface area contributed by atoms with Crippen LogP contribution in [0.5, 0.6) is 0 Å². The third-order valence-electron chi connectivity index (χ3n) is 2.87. The summed E-state index contributed by atoms with van der Waals surface area (Å²) >= 11 is 2.10. The predicted octanol–water partition coefficient (Wildman–Crippen LogP) is 3.07. The Labute approximate surface area is 92.7 Å². The smallest absolute Gasteiger partial charge is 0.0250 e. The van der Waals surface area contributed by atoms with E-state index in [4.69, 9.17) is 0 Å². The highest BCUT2D eigenvalue weighted by molar-refractivity contribution is 7.99. The van der Waals surface area contributed by atoms with Crippen LogP contribution in [-0.4, -0.2) is 24.1 Å². The summed E-state index contributed by atoms with van der Waals surface area (Å²) in [4.78, 5) is 0. The van der Waals surface area contributed by atoms with Gasteiger partial charge in [-0.1, -0.05) is 13.0 Å². The Hall–Kier alpha value is 0.0500. The highest BCUT2D eigenvalue weighted by atomic mass is 32.2. The average Bonchev–Trinajstić information content (AvgIpc) is 2.25. The molecule has 1 saturated heterocycles. The molecule has 1 atom stereocenters. The van der Waals surface area contributed by atoms with Crippen molar-refractivity contribution >= 4 is 11.8 Å². The molecule has 0 spiro atoms. The van der Waals surface area contributed by atoms with Crippen molar-refractivity contribution in [2.24, 2.45) is 5.92 Å². The molecule has 1 aliphatic rings. The van der Waals surface area contributed by atoms with Crippen molar-refractivity contribution in [3.8, 4) is 0 Å². The van der Waals surface area contributed by atoms with Gasteiger partial charge in [0.05, 0.1) is 0 Å². The van der Waals surface area contributed by atoms with E-state index in [1.54, 1.807) is 0 Å². The Bertz CT molecular complexity index is 152. The molecular weight excluding hydrogens is 190 g/mol. The Morgan fingerprint density at radius 1 is 1.50 bits per heavy atom. The summed E-state index contributed by atoms with van der Waals surface area (Å²) < 4.78 is 0. The first kappa shape index (κ1) is 12.1. The molecule has 2 heteroatoms. The maximum atomic E-state index is 3.91. The lowest BCUT2D eigenvalue weighted by molar-refractivity contribution is 0.399. The minimum Gasteiger partial charge on any atom is -0.311 e. The summed E-state index contributed by atoms with van der Waals surface area (Å²) in [5.74, 6) is 3.66. The average molecular weight is 213 g/mol.